The molecule has 228 valence electrons. The molecule has 44 heavy (non-hydrogen) atoms. The largest absolute Gasteiger partial charge is 0.494 e. The monoisotopic (exact) mass is 630 g/mol. The number of aryl methyl sites for hydroxylation is 1. The minimum absolute atomic E-state index is 0.0283. The molecule has 2 saturated heterocycles. The summed E-state index contributed by atoms with van der Waals surface area (Å²) in [4.78, 5) is 20.2. The summed E-state index contributed by atoms with van der Waals surface area (Å²) in [6.45, 7) is 8.35. The van der Waals surface area contributed by atoms with Crippen LogP contribution >= 0.6 is 23.8 Å². The molecule has 6 rings (SSSR count). The molecule has 11 heteroatoms. The summed E-state index contributed by atoms with van der Waals surface area (Å²) in [6.07, 6.45) is 4.10. The maximum atomic E-state index is 11.4. The van der Waals surface area contributed by atoms with Crippen LogP contribution in [-0.2, 0) is 0 Å². The Balaban J connectivity index is 1.45. The third kappa shape index (κ3) is 5.37. The van der Waals surface area contributed by atoms with Crippen molar-refractivity contribution in [3.8, 4) is 11.4 Å². The molecule has 4 aromatic rings. The van der Waals surface area contributed by atoms with Crippen LogP contribution in [0.25, 0.3) is 5.69 Å². The van der Waals surface area contributed by atoms with Crippen molar-refractivity contribution in [3.63, 3.8) is 0 Å². The van der Waals surface area contributed by atoms with Crippen molar-refractivity contribution in [2.75, 3.05) is 30.0 Å². The molecule has 1 N–H and O–H groups in total. The second-order valence-electron chi connectivity index (χ2n) is 11.6. The van der Waals surface area contributed by atoms with E-state index in [-0.39, 0.29) is 17.8 Å². The van der Waals surface area contributed by atoms with Crippen LogP contribution < -0.4 is 19.9 Å². The Hall–Kier alpha value is -4.15. The van der Waals surface area contributed by atoms with Crippen LogP contribution in [0.2, 0.25) is 5.02 Å². The van der Waals surface area contributed by atoms with Crippen LogP contribution in [0.4, 0.5) is 17.1 Å². The van der Waals surface area contributed by atoms with Crippen molar-refractivity contribution >= 4 is 46.0 Å². The topological polar surface area (TPSA) is 88.7 Å². The van der Waals surface area contributed by atoms with Gasteiger partial charge in [-0.3, -0.25) is 15.1 Å². The van der Waals surface area contributed by atoms with Crippen LogP contribution in [0.3, 0.4) is 0 Å². The van der Waals surface area contributed by atoms with Gasteiger partial charge in [0.05, 0.1) is 52.3 Å². The summed E-state index contributed by atoms with van der Waals surface area (Å²) in [7, 11) is 1.52. The van der Waals surface area contributed by atoms with Gasteiger partial charge in [0, 0.05) is 42.4 Å². The number of nitro groups is 1. The Morgan fingerprint density at radius 3 is 2.48 bits per heavy atom. The van der Waals surface area contributed by atoms with Gasteiger partial charge in [0.15, 0.2) is 5.11 Å². The number of aromatic nitrogens is 2. The predicted molar refractivity (Wildman–Crippen MR) is 178 cm³/mol. The van der Waals surface area contributed by atoms with Crippen LogP contribution in [0.15, 0.2) is 66.9 Å². The zero-order valence-electron chi connectivity index (χ0n) is 25.2. The Bertz CT molecular complexity index is 1720. The molecule has 2 fully saturated rings. The molecule has 0 spiro atoms. The van der Waals surface area contributed by atoms with Crippen molar-refractivity contribution in [1.29, 1.82) is 0 Å². The van der Waals surface area contributed by atoms with Gasteiger partial charge < -0.3 is 24.4 Å². The first-order valence-electron chi connectivity index (χ1n) is 14.7. The molecule has 0 amide bonds. The van der Waals surface area contributed by atoms with Crippen molar-refractivity contribution in [2.24, 2.45) is 5.92 Å². The number of nitrogens with one attached hydrogen (secondary N) is 1. The lowest BCUT2D eigenvalue weighted by Gasteiger charge is -2.33. The number of rotatable bonds is 7. The van der Waals surface area contributed by atoms with Crippen LogP contribution in [0, 0.1) is 29.9 Å². The molecule has 2 aliphatic heterocycles. The van der Waals surface area contributed by atoms with Gasteiger partial charge in [0.25, 0.3) is 5.69 Å². The molecule has 9 nitrogen and oxygen atoms in total. The number of benzene rings is 2. The summed E-state index contributed by atoms with van der Waals surface area (Å²) < 4.78 is 7.69. The zero-order valence-corrected chi connectivity index (χ0v) is 26.7. The molecule has 0 bridgehead atoms. The van der Waals surface area contributed by atoms with E-state index in [1.807, 2.05) is 38.1 Å². The number of anilines is 2. The maximum absolute atomic E-state index is 11.4. The maximum Gasteiger partial charge on any atom is 0.273 e. The van der Waals surface area contributed by atoms with E-state index in [9.17, 15) is 10.1 Å². The lowest BCUT2D eigenvalue weighted by Crippen LogP contribution is -2.33. The minimum atomic E-state index is -0.421. The van der Waals surface area contributed by atoms with Gasteiger partial charge in [0.1, 0.15) is 5.75 Å². The Kier molecular flexibility index (Phi) is 8.22. The fourth-order valence-electron chi connectivity index (χ4n) is 6.52. The van der Waals surface area contributed by atoms with Gasteiger partial charge >= 0.3 is 0 Å². The number of nitrogens with zero attached hydrogens (tertiary/aromatic N) is 5. The van der Waals surface area contributed by atoms with Crippen molar-refractivity contribution in [3.05, 3.63) is 105 Å². The van der Waals surface area contributed by atoms with E-state index in [1.165, 1.54) is 19.2 Å². The molecular formula is C33H35ClN6O3S. The Morgan fingerprint density at radius 1 is 1.07 bits per heavy atom. The highest BCUT2D eigenvalue weighted by Gasteiger charge is 2.42. The SMILES string of the molecule is COc1cc([N+](=O)[O-])ccc1-n1c(C)cc([C@H]2[C@H](c3ccccn3)NC(=S)N2c2ccc(N3CCC(C)CC3)c(Cl)c2)c1C. The van der Waals surface area contributed by atoms with Gasteiger partial charge in [-0.25, -0.2) is 0 Å². The molecule has 2 aromatic heterocycles. The molecule has 0 aliphatic carbocycles. The molecule has 0 radical (unpaired) electrons. The number of nitro benzene ring substituents is 1. The van der Waals surface area contributed by atoms with E-state index < -0.39 is 4.92 Å². The minimum Gasteiger partial charge on any atom is -0.494 e. The summed E-state index contributed by atoms with van der Waals surface area (Å²) in [5, 5.41) is 16.3. The number of thiocarbonyl (C=S) groups is 1. The van der Waals surface area contributed by atoms with E-state index in [0.29, 0.717) is 15.9 Å². The molecule has 2 atom stereocenters. The third-order valence-electron chi connectivity index (χ3n) is 8.84. The number of hydrogen-bond donors (Lipinski definition) is 1. The number of halogens is 1. The molecule has 2 aromatic carbocycles. The molecule has 2 aliphatic rings. The highest BCUT2D eigenvalue weighted by Crippen LogP contribution is 2.45. The summed E-state index contributed by atoms with van der Waals surface area (Å²) >= 11 is 13.0. The predicted octanol–water partition coefficient (Wildman–Crippen LogP) is 7.47. The van der Waals surface area contributed by atoms with Gasteiger partial charge in [-0.15, -0.1) is 0 Å². The highest BCUT2D eigenvalue weighted by atomic mass is 35.5. The second kappa shape index (κ2) is 12.1. The summed E-state index contributed by atoms with van der Waals surface area (Å²) in [5.41, 5.74) is 6.44. The van der Waals surface area contributed by atoms with E-state index in [1.54, 1.807) is 12.3 Å². The van der Waals surface area contributed by atoms with Gasteiger partial charge in [0.2, 0.25) is 0 Å². The van der Waals surface area contributed by atoms with Crippen LogP contribution in [0.5, 0.6) is 5.75 Å². The smallest absolute Gasteiger partial charge is 0.273 e. The highest BCUT2D eigenvalue weighted by molar-refractivity contribution is 7.80. The normalized spacial score (nSPS) is 18.9. The van der Waals surface area contributed by atoms with Gasteiger partial charge in [-0.1, -0.05) is 24.6 Å². The quantitative estimate of drug-likeness (QED) is 0.128. The van der Waals surface area contributed by atoms with E-state index >= 15 is 0 Å². The first kappa shape index (κ1) is 29.9. The average molecular weight is 631 g/mol. The number of ether oxygens (including phenoxy) is 1. The second-order valence-corrected chi connectivity index (χ2v) is 12.4. The van der Waals surface area contributed by atoms with Crippen molar-refractivity contribution < 1.29 is 9.66 Å². The van der Waals surface area contributed by atoms with Gasteiger partial charge in [-0.05, 0) is 92.9 Å². The number of pyridine rings is 1. The molecule has 4 heterocycles. The molecular weight excluding hydrogens is 596 g/mol. The standard InChI is InChI=1S/C33H35ClN6O3S/c1-20-12-15-37(16-13-20)28-10-8-23(18-26(28)34)39-32(31(36-33(39)44)27-7-5-6-14-35-27)25-17-21(2)38(22(25)3)29-11-9-24(40(41)42)19-30(29)43-4/h5-11,14,17-20,31-32H,12-13,15-16H2,1-4H3,(H,36,44)/t31-,32-/m0/s1. The van der Waals surface area contributed by atoms with Crippen molar-refractivity contribution in [2.45, 2.75) is 45.7 Å². The van der Waals surface area contributed by atoms with Crippen LogP contribution in [0.1, 0.15) is 54.5 Å². The van der Waals surface area contributed by atoms with E-state index in [2.05, 4.69) is 44.8 Å². The number of piperidine rings is 1. The van der Waals surface area contributed by atoms with E-state index in [0.717, 1.165) is 71.6 Å². The van der Waals surface area contributed by atoms with Crippen molar-refractivity contribution in [1.82, 2.24) is 14.9 Å². The zero-order chi connectivity index (χ0) is 31.1. The first-order valence-corrected chi connectivity index (χ1v) is 15.5. The summed E-state index contributed by atoms with van der Waals surface area (Å²) in [5.74, 6) is 1.15. The lowest BCUT2D eigenvalue weighted by molar-refractivity contribution is -0.384. The van der Waals surface area contributed by atoms with E-state index in [4.69, 9.17) is 33.5 Å². The number of non-ortho nitro benzene ring substituents is 1. The Morgan fingerprint density at radius 2 is 1.82 bits per heavy atom. The third-order valence-corrected chi connectivity index (χ3v) is 9.45. The average Bonchev–Trinajstić information content (AvgIpc) is 3.52. The first-order chi connectivity index (χ1) is 21.2. The number of hydrogen-bond acceptors (Lipinski definition) is 6. The fraction of sp³-hybridized carbons (Fsp3) is 0.333. The van der Waals surface area contributed by atoms with Gasteiger partial charge in [-0.2, -0.15) is 0 Å². The molecule has 0 unspecified atom stereocenters. The lowest BCUT2D eigenvalue weighted by atomic mass is 9.96. The Labute approximate surface area is 267 Å². The number of methoxy groups -OCH3 is 1. The van der Waals surface area contributed by atoms with Crippen LogP contribution in [-0.4, -0.2) is 39.8 Å². The molecule has 0 saturated carbocycles. The fourth-order valence-corrected chi connectivity index (χ4v) is 7.16. The summed E-state index contributed by atoms with van der Waals surface area (Å²) in [6, 6.07) is 18.4.